The molecular weight excluding hydrogens is 248 g/mol. The molecule has 2 heterocycles. The van der Waals surface area contributed by atoms with Gasteiger partial charge in [-0.25, -0.2) is 4.79 Å². The van der Waals surface area contributed by atoms with E-state index in [1.54, 1.807) is 20.0 Å². The lowest BCUT2D eigenvalue weighted by molar-refractivity contribution is 0.0512. The van der Waals surface area contributed by atoms with Gasteiger partial charge in [-0.2, -0.15) is 0 Å². The second-order valence-corrected chi connectivity index (χ2v) is 4.21. The molecule has 2 N–H and O–H groups in total. The molecule has 0 bridgehead atoms. The summed E-state index contributed by atoms with van der Waals surface area (Å²) < 4.78 is 6.37. The number of carbonyl (C=O) groups excluding carboxylic acids is 1. The third-order valence-electron chi connectivity index (χ3n) is 3.08. The molecule has 0 radical (unpaired) electrons. The van der Waals surface area contributed by atoms with Crippen LogP contribution in [-0.2, 0) is 18.2 Å². The van der Waals surface area contributed by atoms with E-state index < -0.39 is 11.5 Å². The number of aryl methyl sites for hydroxylation is 2. The Labute approximate surface area is 109 Å². The Kier molecular flexibility index (Phi) is 3.33. The molecule has 0 saturated heterocycles. The number of nitrogens with one attached hydrogen (secondary N) is 1. The summed E-state index contributed by atoms with van der Waals surface area (Å²) >= 11 is 0. The third kappa shape index (κ3) is 1.99. The van der Waals surface area contributed by atoms with Crippen molar-refractivity contribution in [3.05, 3.63) is 27.8 Å². The van der Waals surface area contributed by atoms with Crippen molar-refractivity contribution < 1.29 is 14.6 Å². The first-order valence-corrected chi connectivity index (χ1v) is 6.11. The molecule has 2 aromatic heterocycles. The minimum absolute atomic E-state index is 0.00407. The number of fused-ring (bicyclic) bond motifs is 1. The molecule has 6 heteroatoms. The minimum Gasteiger partial charge on any atom is -0.505 e. The summed E-state index contributed by atoms with van der Waals surface area (Å²) in [5, 5.41) is 10.2. The number of rotatable bonds is 3. The zero-order valence-electron chi connectivity index (χ0n) is 11.1. The molecule has 0 unspecified atom stereocenters. The summed E-state index contributed by atoms with van der Waals surface area (Å²) in [5.41, 5.74) is 0.850. The van der Waals surface area contributed by atoms with Crippen LogP contribution in [0.4, 0.5) is 0 Å². The molecule has 0 spiro atoms. The normalized spacial score (nSPS) is 10.9. The summed E-state index contributed by atoms with van der Waals surface area (Å²) in [7, 11) is 1.62. The smallest absolute Gasteiger partial charge is 0.358 e. The molecule has 0 saturated carbocycles. The van der Waals surface area contributed by atoms with Crippen LogP contribution in [0.3, 0.4) is 0 Å². The van der Waals surface area contributed by atoms with E-state index in [9.17, 15) is 14.7 Å². The molecule has 0 fully saturated rings. The molecule has 2 rings (SSSR count). The summed E-state index contributed by atoms with van der Waals surface area (Å²) in [5.74, 6) is -0.976. The SMILES string of the molecule is CCOC(=O)c1c(O)c2c(=O)[nH]c(CC)cc2n1C. The van der Waals surface area contributed by atoms with E-state index in [-0.39, 0.29) is 23.4 Å². The first-order valence-electron chi connectivity index (χ1n) is 6.11. The Bertz CT molecular complexity index is 697. The Balaban J connectivity index is 2.79. The topological polar surface area (TPSA) is 84.3 Å². The van der Waals surface area contributed by atoms with Gasteiger partial charge in [-0.1, -0.05) is 6.92 Å². The number of pyridine rings is 1. The van der Waals surface area contributed by atoms with Crippen LogP contribution in [0.1, 0.15) is 30.0 Å². The number of ether oxygens (including phenoxy) is 1. The molecular formula is C13H16N2O4. The van der Waals surface area contributed by atoms with Gasteiger partial charge in [0.25, 0.3) is 5.56 Å². The summed E-state index contributed by atoms with van der Waals surface area (Å²) in [6.45, 7) is 3.79. The van der Waals surface area contributed by atoms with Crippen LogP contribution in [-0.4, -0.2) is 27.2 Å². The van der Waals surface area contributed by atoms with Crippen LogP contribution in [0, 0.1) is 0 Å². The first-order chi connectivity index (χ1) is 9.01. The monoisotopic (exact) mass is 264 g/mol. The lowest BCUT2D eigenvalue weighted by atomic mass is 10.2. The Morgan fingerprint density at radius 2 is 2.16 bits per heavy atom. The average Bonchev–Trinajstić information content (AvgIpc) is 2.62. The van der Waals surface area contributed by atoms with Crippen molar-refractivity contribution in [2.24, 2.45) is 7.05 Å². The van der Waals surface area contributed by atoms with Crippen LogP contribution in [0.25, 0.3) is 10.9 Å². The number of aromatic amines is 1. The quantitative estimate of drug-likeness (QED) is 0.819. The van der Waals surface area contributed by atoms with Gasteiger partial charge in [-0.3, -0.25) is 4.79 Å². The van der Waals surface area contributed by atoms with Crippen LogP contribution < -0.4 is 5.56 Å². The predicted molar refractivity (Wildman–Crippen MR) is 70.5 cm³/mol. The maximum absolute atomic E-state index is 11.9. The van der Waals surface area contributed by atoms with Gasteiger partial charge >= 0.3 is 5.97 Å². The number of H-pyrrole nitrogens is 1. The molecule has 0 aliphatic heterocycles. The van der Waals surface area contributed by atoms with Gasteiger partial charge in [-0.05, 0) is 19.4 Å². The van der Waals surface area contributed by atoms with Crippen molar-refractivity contribution >= 4 is 16.9 Å². The van der Waals surface area contributed by atoms with E-state index in [0.29, 0.717) is 11.9 Å². The number of esters is 1. The van der Waals surface area contributed by atoms with E-state index in [4.69, 9.17) is 4.74 Å². The van der Waals surface area contributed by atoms with Crippen LogP contribution in [0.15, 0.2) is 10.9 Å². The molecule has 0 aliphatic carbocycles. The average molecular weight is 264 g/mol. The summed E-state index contributed by atoms with van der Waals surface area (Å²) in [6, 6.07) is 1.75. The highest BCUT2D eigenvalue weighted by Gasteiger charge is 2.24. The first kappa shape index (κ1) is 13.2. The molecule has 19 heavy (non-hydrogen) atoms. The van der Waals surface area contributed by atoms with Crippen molar-refractivity contribution in [3.8, 4) is 5.75 Å². The Hall–Kier alpha value is -2.24. The van der Waals surface area contributed by atoms with Crippen LogP contribution in [0.2, 0.25) is 0 Å². The van der Waals surface area contributed by atoms with Gasteiger partial charge in [0.2, 0.25) is 0 Å². The van der Waals surface area contributed by atoms with E-state index in [1.165, 1.54) is 4.57 Å². The lowest BCUT2D eigenvalue weighted by Gasteiger charge is -2.04. The van der Waals surface area contributed by atoms with Crippen LogP contribution in [0.5, 0.6) is 5.75 Å². The standard InChI is InChI=1S/C13H16N2O4/c1-4-7-6-8-9(12(17)14-7)11(16)10(15(8)3)13(18)19-5-2/h6,16H,4-5H2,1-3H3,(H,14,17). The number of carbonyl (C=O) groups is 1. The van der Waals surface area contributed by atoms with Gasteiger partial charge in [0, 0.05) is 12.7 Å². The number of hydrogen-bond donors (Lipinski definition) is 2. The maximum atomic E-state index is 11.9. The number of aromatic nitrogens is 2. The Morgan fingerprint density at radius 1 is 1.47 bits per heavy atom. The number of aromatic hydroxyl groups is 1. The predicted octanol–water partition coefficient (Wildman–Crippen LogP) is 1.31. The van der Waals surface area contributed by atoms with Crippen molar-refractivity contribution in [1.29, 1.82) is 0 Å². The molecule has 0 aliphatic rings. The van der Waals surface area contributed by atoms with Crippen molar-refractivity contribution in [3.63, 3.8) is 0 Å². The van der Waals surface area contributed by atoms with Crippen molar-refractivity contribution in [2.45, 2.75) is 20.3 Å². The molecule has 0 amide bonds. The lowest BCUT2D eigenvalue weighted by Crippen LogP contribution is -2.10. The van der Waals surface area contributed by atoms with Gasteiger partial charge < -0.3 is 19.4 Å². The molecule has 6 nitrogen and oxygen atoms in total. The number of hydrogen-bond acceptors (Lipinski definition) is 4. The van der Waals surface area contributed by atoms with Crippen LogP contribution >= 0.6 is 0 Å². The fraction of sp³-hybridized carbons (Fsp3) is 0.385. The molecule has 0 atom stereocenters. The Morgan fingerprint density at radius 3 is 2.74 bits per heavy atom. The summed E-state index contributed by atoms with van der Waals surface area (Å²) in [6.07, 6.45) is 0.659. The zero-order chi connectivity index (χ0) is 14.2. The largest absolute Gasteiger partial charge is 0.505 e. The second-order valence-electron chi connectivity index (χ2n) is 4.21. The second kappa shape index (κ2) is 4.79. The fourth-order valence-corrected chi connectivity index (χ4v) is 2.11. The molecule has 0 aromatic carbocycles. The highest BCUT2D eigenvalue weighted by molar-refractivity contribution is 6.01. The van der Waals surface area contributed by atoms with Crippen molar-refractivity contribution in [1.82, 2.24) is 9.55 Å². The van der Waals surface area contributed by atoms with Gasteiger partial charge in [0.15, 0.2) is 11.4 Å². The third-order valence-corrected chi connectivity index (χ3v) is 3.08. The van der Waals surface area contributed by atoms with Crippen molar-refractivity contribution in [2.75, 3.05) is 6.61 Å². The zero-order valence-corrected chi connectivity index (χ0v) is 11.1. The maximum Gasteiger partial charge on any atom is 0.358 e. The highest BCUT2D eigenvalue weighted by Crippen LogP contribution is 2.29. The summed E-state index contributed by atoms with van der Waals surface area (Å²) in [4.78, 5) is 26.4. The van der Waals surface area contributed by atoms with E-state index in [1.807, 2.05) is 6.92 Å². The number of nitrogens with zero attached hydrogens (tertiary/aromatic N) is 1. The molecule has 2 aromatic rings. The minimum atomic E-state index is -0.642. The van der Waals surface area contributed by atoms with E-state index in [0.717, 1.165) is 5.69 Å². The fourth-order valence-electron chi connectivity index (χ4n) is 2.11. The van der Waals surface area contributed by atoms with Gasteiger partial charge in [0.1, 0.15) is 5.39 Å². The highest BCUT2D eigenvalue weighted by atomic mass is 16.5. The van der Waals surface area contributed by atoms with E-state index >= 15 is 0 Å². The van der Waals surface area contributed by atoms with Gasteiger partial charge in [-0.15, -0.1) is 0 Å². The van der Waals surface area contributed by atoms with E-state index in [2.05, 4.69) is 4.98 Å². The van der Waals surface area contributed by atoms with Gasteiger partial charge in [0.05, 0.1) is 12.1 Å². The molecule has 102 valence electrons.